The van der Waals surface area contributed by atoms with E-state index in [2.05, 4.69) is 17.2 Å². The molecule has 1 N–H and O–H groups in total. The molecule has 1 aromatic rings. The maximum atomic E-state index is 11.2. The molecule has 1 rings (SSSR count). The summed E-state index contributed by atoms with van der Waals surface area (Å²) in [4.78, 5) is 11.2. The van der Waals surface area contributed by atoms with Crippen LogP contribution in [0.25, 0.3) is 0 Å². The highest BCUT2D eigenvalue weighted by molar-refractivity contribution is 5.71. The number of unbranched alkanes of at least 4 members (excludes halogenated alkanes) is 9. The minimum atomic E-state index is -0.823. The van der Waals surface area contributed by atoms with Crippen LogP contribution in [0.5, 0.6) is 0 Å². The molecule has 0 spiro atoms. The highest BCUT2D eigenvalue weighted by Gasteiger charge is 2.19. The van der Waals surface area contributed by atoms with Crippen LogP contribution >= 0.6 is 0 Å². The number of nitrogens with zero attached hydrogens (tertiary/aromatic N) is 3. The first-order valence-corrected chi connectivity index (χ1v) is 8.34. The maximum absolute atomic E-state index is 11.2. The largest absolute Gasteiger partial charge is 0.480 e. The van der Waals surface area contributed by atoms with Crippen molar-refractivity contribution in [3.8, 4) is 0 Å². The van der Waals surface area contributed by atoms with Crippen LogP contribution in [0, 0.1) is 0 Å². The minimum absolute atomic E-state index is 0.568. The average molecular weight is 295 g/mol. The van der Waals surface area contributed by atoms with E-state index in [9.17, 15) is 9.90 Å². The molecule has 0 aliphatic carbocycles. The summed E-state index contributed by atoms with van der Waals surface area (Å²) in [5.41, 5.74) is 0. The molecule has 1 atom stereocenters. The van der Waals surface area contributed by atoms with Gasteiger partial charge in [0.05, 0.1) is 6.20 Å². The van der Waals surface area contributed by atoms with Crippen molar-refractivity contribution >= 4 is 5.97 Å². The van der Waals surface area contributed by atoms with Crippen LogP contribution in [0.1, 0.15) is 83.6 Å². The quantitative estimate of drug-likeness (QED) is 0.553. The van der Waals surface area contributed by atoms with Crippen LogP contribution < -0.4 is 0 Å². The number of rotatable bonds is 13. The molecule has 0 saturated heterocycles. The third-order valence-electron chi connectivity index (χ3n) is 3.88. The van der Waals surface area contributed by atoms with Gasteiger partial charge in [-0.25, -0.2) is 9.48 Å². The number of aromatic nitrogens is 3. The van der Waals surface area contributed by atoms with Gasteiger partial charge in [-0.1, -0.05) is 76.3 Å². The standard InChI is InChI=1S/C16H29N3O2/c1-2-3-4-5-6-7-8-9-10-11-12-15(16(20)21)19-14-13-17-18-19/h13-15H,2-12H2,1H3,(H,20,21). The predicted molar refractivity (Wildman–Crippen MR) is 83.2 cm³/mol. The molecule has 0 aliphatic heterocycles. The van der Waals surface area contributed by atoms with Crippen LogP contribution in [-0.4, -0.2) is 26.1 Å². The summed E-state index contributed by atoms with van der Waals surface area (Å²) in [5.74, 6) is -0.823. The smallest absolute Gasteiger partial charge is 0.328 e. The van der Waals surface area contributed by atoms with E-state index >= 15 is 0 Å². The monoisotopic (exact) mass is 295 g/mol. The van der Waals surface area contributed by atoms with E-state index in [0.29, 0.717) is 6.42 Å². The Morgan fingerprint density at radius 1 is 1.05 bits per heavy atom. The summed E-state index contributed by atoms with van der Waals surface area (Å²) in [5, 5.41) is 16.7. The lowest BCUT2D eigenvalue weighted by Crippen LogP contribution is -2.19. The van der Waals surface area contributed by atoms with Crippen molar-refractivity contribution in [3.63, 3.8) is 0 Å². The van der Waals surface area contributed by atoms with Gasteiger partial charge < -0.3 is 5.11 Å². The maximum Gasteiger partial charge on any atom is 0.328 e. The molecule has 21 heavy (non-hydrogen) atoms. The number of carboxylic acids is 1. The molecule has 120 valence electrons. The Labute approximate surface area is 127 Å². The van der Waals surface area contributed by atoms with Crippen molar-refractivity contribution in [1.29, 1.82) is 0 Å². The number of aliphatic carboxylic acids is 1. The predicted octanol–water partition coefficient (Wildman–Crippen LogP) is 4.21. The fourth-order valence-corrected chi connectivity index (χ4v) is 2.58. The first-order valence-electron chi connectivity index (χ1n) is 8.34. The Hall–Kier alpha value is -1.39. The zero-order valence-corrected chi connectivity index (χ0v) is 13.2. The normalized spacial score (nSPS) is 12.4. The van der Waals surface area contributed by atoms with Crippen molar-refractivity contribution in [2.45, 2.75) is 83.6 Å². The van der Waals surface area contributed by atoms with Crippen LogP contribution in [0.2, 0.25) is 0 Å². The molecule has 1 aromatic heterocycles. The second-order valence-corrected chi connectivity index (χ2v) is 5.71. The van der Waals surface area contributed by atoms with Crippen molar-refractivity contribution < 1.29 is 9.90 Å². The van der Waals surface area contributed by atoms with Crippen molar-refractivity contribution in [2.24, 2.45) is 0 Å². The minimum Gasteiger partial charge on any atom is -0.480 e. The van der Waals surface area contributed by atoms with Gasteiger partial charge in [-0.05, 0) is 6.42 Å². The number of hydrogen-bond acceptors (Lipinski definition) is 3. The molecular weight excluding hydrogens is 266 g/mol. The van der Waals surface area contributed by atoms with Crippen LogP contribution in [-0.2, 0) is 4.79 Å². The summed E-state index contributed by atoms with van der Waals surface area (Å²) in [7, 11) is 0. The molecule has 0 bridgehead atoms. The molecule has 0 radical (unpaired) electrons. The van der Waals surface area contributed by atoms with Gasteiger partial charge in [-0.2, -0.15) is 0 Å². The van der Waals surface area contributed by atoms with E-state index in [4.69, 9.17) is 0 Å². The topological polar surface area (TPSA) is 68.0 Å². The van der Waals surface area contributed by atoms with Gasteiger partial charge in [-0.3, -0.25) is 0 Å². The van der Waals surface area contributed by atoms with Crippen LogP contribution in [0.15, 0.2) is 12.4 Å². The summed E-state index contributed by atoms with van der Waals surface area (Å²) < 4.78 is 1.44. The summed E-state index contributed by atoms with van der Waals surface area (Å²) in [6.07, 6.45) is 16.3. The molecule has 1 unspecified atom stereocenters. The van der Waals surface area contributed by atoms with E-state index < -0.39 is 12.0 Å². The Morgan fingerprint density at radius 3 is 2.10 bits per heavy atom. The van der Waals surface area contributed by atoms with Crippen molar-refractivity contribution in [2.75, 3.05) is 0 Å². The second-order valence-electron chi connectivity index (χ2n) is 5.71. The zero-order valence-electron chi connectivity index (χ0n) is 13.2. The van der Waals surface area contributed by atoms with E-state index in [1.807, 2.05) is 0 Å². The molecule has 0 saturated carbocycles. The van der Waals surface area contributed by atoms with Gasteiger partial charge in [-0.15, -0.1) is 5.10 Å². The lowest BCUT2D eigenvalue weighted by Gasteiger charge is -2.11. The Balaban J connectivity index is 2.01. The molecule has 5 nitrogen and oxygen atoms in total. The van der Waals surface area contributed by atoms with E-state index in [1.54, 1.807) is 6.20 Å². The van der Waals surface area contributed by atoms with Gasteiger partial charge in [0.2, 0.25) is 0 Å². The highest BCUT2D eigenvalue weighted by Crippen LogP contribution is 2.17. The first kappa shape index (κ1) is 17.7. The Morgan fingerprint density at radius 2 is 1.62 bits per heavy atom. The van der Waals surface area contributed by atoms with Crippen LogP contribution in [0.4, 0.5) is 0 Å². The third kappa shape index (κ3) is 7.83. The van der Waals surface area contributed by atoms with Gasteiger partial charge in [0.25, 0.3) is 0 Å². The molecule has 1 heterocycles. The molecule has 0 aliphatic rings. The highest BCUT2D eigenvalue weighted by atomic mass is 16.4. The van der Waals surface area contributed by atoms with E-state index in [0.717, 1.165) is 12.8 Å². The Kier molecular flexibility index (Phi) is 9.49. The molecule has 0 amide bonds. The van der Waals surface area contributed by atoms with Crippen LogP contribution in [0.3, 0.4) is 0 Å². The number of carboxylic acid groups (broad SMARTS) is 1. The summed E-state index contributed by atoms with van der Waals surface area (Å²) in [6, 6.07) is -0.568. The van der Waals surface area contributed by atoms with Crippen molar-refractivity contribution in [3.05, 3.63) is 12.4 Å². The third-order valence-corrected chi connectivity index (χ3v) is 3.88. The fraction of sp³-hybridized carbons (Fsp3) is 0.812. The van der Waals surface area contributed by atoms with Gasteiger partial charge in [0.1, 0.15) is 0 Å². The Bertz CT molecular complexity index is 366. The summed E-state index contributed by atoms with van der Waals surface area (Å²) in [6.45, 7) is 2.24. The van der Waals surface area contributed by atoms with Crippen molar-refractivity contribution in [1.82, 2.24) is 15.0 Å². The first-order chi connectivity index (χ1) is 10.3. The van der Waals surface area contributed by atoms with E-state index in [1.165, 1.54) is 62.2 Å². The van der Waals surface area contributed by atoms with Gasteiger partial charge >= 0.3 is 5.97 Å². The molecule has 5 heteroatoms. The van der Waals surface area contributed by atoms with E-state index in [-0.39, 0.29) is 0 Å². The van der Waals surface area contributed by atoms with Gasteiger partial charge in [0, 0.05) is 6.20 Å². The average Bonchev–Trinajstić information content (AvgIpc) is 2.98. The zero-order chi connectivity index (χ0) is 15.3. The molecular formula is C16H29N3O2. The number of carbonyl (C=O) groups is 1. The summed E-state index contributed by atoms with van der Waals surface area (Å²) >= 11 is 0. The molecule has 0 fully saturated rings. The van der Waals surface area contributed by atoms with Gasteiger partial charge in [0.15, 0.2) is 6.04 Å². The number of hydrogen-bond donors (Lipinski definition) is 1. The fourth-order valence-electron chi connectivity index (χ4n) is 2.58. The SMILES string of the molecule is CCCCCCCCCCCCC(C(=O)O)n1ccnn1. The lowest BCUT2D eigenvalue weighted by atomic mass is 10.0. The second kappa shape index (κ2) is 11.3. The lowest BCUT2D eigenvalue weighted by molar-refractivity contribution is -0.141. The molecule has 0 aromatic carbocycles.